The van der Waals surface area contributed by atoms with E-state index in [4.69, 9.17) is 4.74 Å². The topological polar surface area (TPSA) is 67.4 Å². The summed E-state index contributed by atoms with van der Waals surface area (Å²) >= 11 is 0. The Bertz CT molecular complexity index is 549. The highest BCUT2D eigenvalue weighted by Gasteiger charge is 2.23. The number of benzene rings is 1. The van der Waals surface area contributed by atoms with Crippen molar-refractivity contribution < 1.29 is 14.3 Å². The zero-order valence-electron chi connectivity index (χ0n) is 13.4. The van der Waals surface area contributed by atoms with Crippen molar-refractivity contribution in [1.82, 2.24) is 10.6 Å². The van der Waals surface area contributed by atoms with E-state index in [1.54, 1.807) is 0 Å². The lowest BCUT2D eigenvalue weighted by molar-refractivity contribution is -0.128. The van der Waals surface area contributed by atoms with Gasteiger partial charge in [0.15, 0.2) is 0 Å². The molecule has 5 nitrogen and oxygen atoms in total. The molecule has 2 amide bonds. The monoisotopic (exact) mass is 304 g/mol. The zero-order chi connectivity index (χ0) is 16.2. The first-order valence-electron chi connectivity index (χ1n) is 7.67. The van der Waals surface area contributed by atoms with Crippen LogP contribution in [0.5, 0.6) is 5.75 Å². The van der Waals surface area contributed by atoms with Crippen molar-refractivity contribution in [3.05, 3.63) is 29.8 Å². The first-order valence-corrected chi connectivity index (χ1v) is 7.67. The maximum absolute atomic E-state index is 12.0. The molecule has 22 heavy (non-hydrogen) atoms. The van der Waals surface area contributed by atoms with E-state index in [1.807, 2.05) is 45.0 Å². The number of hydrogen-bond donors (Lipinski definition) is 2. The fraction of sp³-hybridized carbons (Fsp3) is 0.529. The third kappa shape index (κ3) is 4.23. The number of nitrogens with one attached hydrogen (secondary N) is 2. The Balaban J connectivity index is 1.82. The van der Waals surface area contributed by atoms with Crippen LogP contribution in [0, 0.1) is 5.41 Å². The molecule has 120 valence electrons. The summed E-state index contributed by atoms with van der Waals surface area (Å²) in [7, 11) is 0. The van der Waals surface area contributed by atoms with E-state index in [9.17, 15) is 9.59 Å². The zero-order valence-corrected chi connectivity index (χ0v) is 13.4. The first kappa shape index (κ1) is 16.3. The van der Waals surface area contributed by atoms with E-state index in [-0.39, 0.29) is 24.3 Å². The van der Waals surface area contributed by atoms with Gasteiger partial charge in [-0.15, -0.1) is 0 Å². The first-order chi connectivity index (χ1) is 10.4. The summed E-state index contributed by atoms with van der Waals surface area (Å²) in [5, 5.41) is 5.80. The number of amides is 2. The molecule has 1 unspecified atom stereocenters. The lowest BCUT2D eigenvalue weighted by Gasteiger charge is -2.26. The molecule has 0 saturated carbocycles. The second kappa shape index (κ2) is 6.81. The molecule has 1 aromatic rings. The molecule has 0 radical (unpaired) electrons. The molecule has 2 rings (SSSR count). The van der Waals surface area contributed by atoms with E-state index < -0.39 is 5.41 Å². The van der Waals surface area contributed by atoms with Crippen LogP contribution in [-0.4, -0.2) is 25.0 Å². The van der Waals surface area contributed by atoms with Gasteiger partial charge in [-0.1, -0.05) is 39.0 Å². The molecule has 0 aromatic heterocycles. The van der Waals surface area contributed by atoms with Crippen LogP contribution in [0.3, 0.4) is 0 Å². The summed E-state index contributed by atoms with van der Waals surface area (Å²) < 4.78 is 5.58. The number of hydrogen-bond acceptors (Lipinski definition) is 3. The lowest BCUT2D eigenvalue weighted by Crippen LogP contribution is -2.38. The number of ether oxygens (including phenoxy) is 1. The Morgan fingerprint density at radius 3 is 2.73 bits per heavy atom. The van der Waals surface area contributed by atoms with E-state index >= 15 is 0 Å². The maximum atomic E-state index is 12.0. The average molecular weight is 304 g/mol. The predicted octanol–water partition coefficient (Wildman–Crippen LogP) is 2.18. The fourth-order valence-electron chi connectivity index (χ4n) is 2.31. The van der Waals surface area contributed by atoms with Gasteiger partial charge in [0.2, 0.25) is 11.8 Å². The molecule has 2 N–H and O–H groups in total. The number of fused-ring (bicyclic) bond motifs is 1. The van der Waals surface area contributed by atoms with Gasteiger partial charge < -0.3 is 15.4 Å². The summed E-state index contributed by atoms with van der Waals surface area (Å²) in [6.07, 6.45) is 1.04. The number of rotatable bonds is 4. The van der Waals surface area contributed by atoms with Crippen molar-refractivity contribution in [2.45, 2.75) is 39.7 Å². The van der Waals surface area contributed by atoms with Crippen molar-refractivity contribution >= 4 is 11.8 Å². The summed E-state index contributed by atoms with van der Waals surface area (Å²) in [6, 6.07) is 7.73. The van der Waals surface area contributed by atoms with Gasteiger partial charge in [-0.3, -0.25) is 9.59 Å². The minimum atomic E-state index is -0.434. The largest absolute Gasteiger partial charge is 0.493 e. The molecule has 0 fully saturated rings. The van der Waals surface area contributed by atoms with Gasteiger partial charge in [0.25, 0.3) is 0 Å². The van der Waals surface area contributed by atoms with Crippen LogP contribution in [0.2, 0.25) is 0 Å². The van der Waals surface area contributed by atoms with Crippen LogP contribution in [-0.2, 0) is 9.59 Å². The summed E-state index contributed by atoms with van der Waals surface area (Å²) in [4.78, 5) is 23.8. The van der Waals surface area contributed by atoms with Gasteiger partial charge in [-0.25, -0.2) is 0 Å². The molecule has 1 aromatic carbocycles. The summed E-state index contributed by atoms with van der Waals surface area (Å²) in [5.74, 6) is 0.729. The highest BCUT2D eigenvalue weighted by molar-refractivity contribution is 5.82. The van der Waals surface area contributed by atoms with Gasteiger partial charge in [-0.2, -0.15) is 0 Å². The Morgan fingerprint density at radius 2 is 2.00 bits per heavy atom. The smallest absolute Gasteiger partial charge is 0.225 e. The van der Waals surface area contributed by atoms with E-state index in [2.05, 4.69) is 10.6 Å². The molecule has 1 heterocycles. The minimum Gasteiger partial charge on any atom is -0.493 e. The van der Waals surface area contributed by atoms with Crippen LogP contribution in [0.15, 0.2) is 24.3 Å². The molecular formula is C17H24N2O3. The Hall–Kier alpha value is -2.04. The minimum absolute atomic E-state index is 0.0178. The predicted molar refractivity (Wildman–Crippen MR) is 84.5 cm³/mol. The third-order valence-corrected chi connectivity index (χ3v) is 3.61. The molecule has 0 saturated heterocycles. The van der Waals surface area contributed by atoms with Crippen molar-refractivity contribution in [2.24, 2.45) is 5.41 Å². The normalized spacial score (nSPS) is 17.1. The Labute approximate surface area is 131 Å². The van der Waals surface area contributed by atoms with Gasteiger partial charge in [0.1, 0.15) is 5.75 Å². The maximum Gasteiger partial charge on any atom is 0.225 e. The standard InChI is InChI=1S/C17H24N2O3/c1-17(2,3)16(21)18-10-8-15(20)19-13-9-11-22-14-7-5-4-6-12(13)14/h4-7,13H,8-11H2,1-3H3,(H,18,21)(H,19,20). The van der Waals surface area contributed by atoms with E-state index in [0.29, 0.717) is 13.2 Å². The molecular weight excluding hydrogens is 280 g/mol. The highest BCUT2D eigenvalue weighted by Crippen LogP contribution is 2.31. The second-order valence-corrected chi connectivity index (χ2v) is 6.55. The average Bonchev–Trinajstić information content (AvgIpc) is 2.46. The molecule has 5 heteroatoms. The molecule has 0 aliphatic carbocycles. The van der Waals surface area contributed by atoms with Gasteiger partial charge in [-0.05, 0) is 6.07 Å². The fourth-order valence-corrected chi connectivity index (χ4v) is 2.31. The van der Waals surface area contributed by atoms with E-state index in [0.717, 1.165) is 17.7 Å². The van der Waals surface area contributed by atoms with Gasteiger partial charge in [0.05, 0.1) is 12.6 Å². The SMILES string of the molecule is CC(C)(C)C(=O)NCCC(=O)NC1CCOc2ccccc21. The van der Waals surface area contributed by atoms with Crippen LogP contribution in [0.4, 0.5) is 0 Å². The Kier molecular flexibility index (Phi) is 5.06. The molecule has 0 spiro atoms. The third-order valence-electron chi connectivity index (χ3n) is 3.61. The highest BCUT2D eigenvalue weighted by atomic mass is 16.5. The molecule has 1 aliphatic rings. The quantitative estimate of drug-likeness (QED) is 0.896. The number of carbonyl (C=O) groups excluding carboxylic acids is 2. The molecule has 1 aliphatic heterocycles. The van der Waals surface area contributed by atoms with Gasteiger partial charge >= 0.3 is 0 Å². The second-order valence-electron chi connectivity index (χ2n) is 6.55. The molecule has 0 bridgehead atoms. The van der Waals surface area contributed by atoms with Crippen molar-refractivity contribution in [3.63, 3.8) is 0 Å². The Morgan fingerprint density at radius 1 is 1.27 bits per heavy atom. The number of para-hydroxylation sites is 1. The van der Waals surface area contributed by atoms with Crippen molar-refractivity contribution in [3.8, 4) is 5.75 Å². The van der Waals surface area contributed by atoms with E-state index in [1.165, 1.54) is 0 Å². The van der Waals surface area contributed by atoms with Crippen molar-refractivity contribution in [2.75, 3.05) is 13.2 Å². The lowest BCUT2D eigenvalue weighted by atomic mass is 9.96. The molecule has 1 atom stereocenters. The van der Waals surface area contributed by atoms with Crippen LogP contribution in [0.1, 0.15) is 45.2 Å². The summed E-state index contributed by atoms with van der Waals surface area (Å²) in [6.45, 7) is 6.50. The summed E-state index contributed by atoms with van der Waals surface area (Å²) in [5.41, 5.74) is 0.580. The van der Waals surface area contributed by atoms with Crippen LogP contribution >= 0.6 is 0 Å². The van der Waals surface area contributed by atoms with Gasteiger partial charge in [0, 0.05) is 30.4 Å². The van der Waals surface area contributed by atoms with Crippen LogP contribution < -0.4 is 15.4 Å². The van der Waals surface area contributed by atoms with Crippen LogP contribution in [0.25, 0.3) is 0 Å². The van der Waals surface area contributed by atoms with Crippen molar-refractivity contribution in [1.29, 1.82) is 0 Å². The number of carbonyl (C=O) groups is 2.